The third kappa shape index (κ3) is 5.06. The van der Waals surface area contributed by atoms with E-state index in [1.807, 2.05) is 0 Å². The third-order valence-electron chi connectivity index (χ3n) is 1.98. The summed E-state index contributed by atoms with van der Waals surface area (Å²) >= 11 is 0. The molecule has 1 aromatic carbocycles. The Morgan fingerprint density at radius 1 is 1.47 bits per heavy atom. The van der Waals surface area contributed by atoms with Gasteiger partial charge in [-0.3, -0.25) is 0 Å². The molecule has 0 saturated heterocycles. The Kier molecular flexibility index (Phi) is 5.02. The van der Waals surface area contributed by atoms with E-state index in [0.717, 1.165) is 6.07 Å². The van der Waals surface area contributed by atoms with Crippen LogP contribution in [0.15, 0.2) is 22.5 Å². The van der Waals surface area contributed by atoms with Crippen molar-refractivity contribution in [3.63, 3.8) is 0 Å². The lowest BCUT2D eigenvalue weighted by Gasteiger charge is -2.18. The van der Waals surface area contributed by atoms with Gasteiger partial charge in [0.05, 0.1) is 11.3 Å². The van der Waals surface area contributed by atoms with E-state index < -0.39 is 11.4 Å². The largest absolute Gasteiger partial charge is 0.488 e. The molecule has 1 aromatic rings. The Bertz CT molecular complexity index is 459. The predicted molar refractivity (Wildman–Crippen MR) is 69.3 cm³/mol. The number of hydrazine groups is 1. The molecule has 8 heteroatoms. The molecule has 106 valence electrons. The van der Waals surface area contributed by atoms with Crippen molar-refractivity contribution >= 4 is 11.4 Å². The van der Waals surface area contributed by atoms with Gasteiger partial charge in [0.25, 0.3) is 0 Å². The van der Waals surface area contributed by atoms with Crippen molar-refractivity contribution in [1.82, 2.24) is 11.0 Å². The van der Waals surface area contributed by atoms with Gasteiger partial charge in [-0.05, 0) is 19.9 Å². The van der Waals surface area contributed by atoms with Crippen LogP contribution in [0.1, 0.15) is 13.8 Å². The average Bonchev–Trinajstić information content (AvgIpc) is 2.31. The van der Waals surface area contributed by atoms with Gasteiger partial charge in [0.2, 0.25) is 0 Å². The van der Waals surface area contributed by atoms with E-state index in [-0.39, 0.29) is 23.7 Å². The number of nitrogen functional groups attached to an aromatic ring is 1. The molecule has 0 atom stereocenters. The summed E-state index contributed by atoms with van der Waals surface area (Å²) in [6.45, 7) is 3.13. The maximum atomic E-state index is 13.4. The van der Waals surface area contributed by atoms with E-state index in [1.54, 1.807) is 20.9 Å². The zero-order valence-corrected chi connectivity index (χ0v) is 11.1. The van der Waals surface area contributed by atoms with Crippen molar-refractivity contribution in [3.05, 3.63) is 17.9 Å². The summed E-state index contributed by atoms with van der Waals surface area (Å²) in [7, 11) is 1.61. The number of nitrogens with zero attached hydrogens (tertiary/aromatic N) is 2. The Morgan fingerprint density at radius 2 is 2.16 bits per heavy atom. The highest BCUT2D eigenvalue weighted by molar-refractivity contribution is 5.60. The van der Waals surface area contributed by atoms with Crippen LogP contribution in [0.25, 0.3) is 0 Å². The Hall–Kier alpha value is -1.93. The monoisotopic (exact) mass is 271 g/mol. The molecular weight excluding hydrogens is 253 g/mol. The molecule has 0 radical (unpaired) electrons. The van der Waals surface area contributed by atoms with E-state index in [9.17, 15) is 9.50 Å². The lowest BCUT2D eigenvalue weighted by molar-refractivity contribution is 0.0286. The fourth-order valence-corrected chi connectivity index (χ4v) is 1.14. The van der Waals surface area contributed by atoms with Crippen LogP contribution in [0.5, 0.6) is 5.75 Å². The van der Waals surface area contributed by atoms with Crippen molar-refractivity contribution in [3.8, 4) is 5.75 Å². The molecule has 0 aromatic heterocycles. The highest BCUT2D eigenvalue weighted by Crippen LogP contribution is 2.32. The first-order valence-corrected chi connectivity index (χ1v) is 5.60. The number of hydrogen-bond acceptors (Lipinski definition) is 6. The summed E-state index contributed by atoms with van der Waals surface area (Å²) in [6, 6.07) is 2.41. The van der Waals surface area contributed by atoms with Crippen molar-refractivity contribution < 1.29 is 14.2 Å². The second-order valence-electron chi connectivity index (χ2n) is 4.50. The van der Waals surface area contributed by atoms with Crippen LogP contribution in [-0.4, -0.2) is 24.4 Å². The predicted octanol–water partition coefficient (Wildman–Crippen LogP) is 1.28. The summed E-state index contributed by atoms with van der Waals surface area (Å²) in [5.41, 5.74) is 9.55. The minimum atomic E-state index is -1.05. The summed E-state index contributed by atoms with van der Waals surface area (Å²) in [5.74, 6) is -0.471. The molecule has 0 saturated carbocycles. The summed E-state index contributed by atoms with van der Waals surface area (Å²) in [6.07, 6.45) is 0. The molecule has 0 aliphatic carbocycles. The zero-order valence-electron chi connectivity index (χ0n) is 11.1. The van der Waals surface area contributed by atoms with Crippen LogP contribution in [0.4, 0.5) is 15.8 Å². The molecular formula is C11H18FN5O2. The van der Waals surface area contributed by atoms with Gasteiger partial charge in [-0.15, -0.1) is 5.11 Å². The number of ether oxygens (including phenoxy) is 1. The number of anilines is 1. The quantitative estimate of drug-likeness (QED) is 0.354. The fraction of sp³-hybridized carbons (Fsp3) is 0.455. The molecule has 0 heterocycles. The molecule has 0 aliphatic heterocycles. The molecule has 5 N–H and O–H groups in total. The summed E-state index contributed by atoms with van der Waals surface area (Å²) in [4.78, 5) is 0. The minimum absolute atomic E-state index is 0.0155. The van der Waals surface area contributed by atoms with Gasteiger partial charge >= 0.3 is 0 Å². The highest BCUT2D eigenvalue weighted by Gasteiger charge is 2.16. The Morgan fingerprint density at radius 3 is 2.74 bits per heavy atom. The van der Waals surface area contributed by atoms with E-state index in [4.69, 9.17) is 10.5 Å². The molecule has 0 amide bonds. The molecule has 7 nitrogen and oxygen atoms in total. The fourth-order valence-electron chi connectivity index (χ4n) is 1.14. The second-order valence-corrected chi connectivity index (χ2v) is 4.50. The van der Waals surface area contributed by atoms with E-state index in [0.29, 0.717) is 0 Å². The van der Waals surface area contributed by atoms with Crippen LogP contribution >= 0.6 is 0 Å². The molecule has 19 heavy (non-hydrogen) atoms. The van der Waals surface area contributed by atoms with E-state index >= 15 is 0 Å². The SMILES string of the molecule is CNNN=Nc1cc(N)c(F)cc1OCC(C)(C)O. The lowest BCUT2D eigenvalue weighted by atomic mass is 10.1. The van der Waals surface area contributed by atoms with Crippen LogP contribution in [0, 0.1) is 5.82 Å². The number of halogens is 1. The zero-order chi connectivity index (χ0) is 14.5. The Balaban J connectivity index is 2.96. The number of nitrogens with one attached hydrogen (secondary N) is 2. The first kappa shape index (κ1) is 15.1. The maximum absolute atomic E-state index is 13.4. The van der Waals surface area contributed by atoms with E-state index in [1.165, 1.54) is 6.07 Å². The molecule has 1 rings (SSSR count). The van der Waals surface area contributed by atoms with Crippen LogP contribution < -0.4 is 21.4 Å². The third-order valence-corrected chi connectivity index (χ3v) is 1.98. The first-order chi connectivity index (χ1) is 8.83. The highest BCUT2D eigenvalue weighted by atomic mass is 19.1. The van der Waals surface area contributed by atoms with Gasteiger partial charge in [0.15, 0.2) is 0 Å². The van der Waals surface area contributed by atoms with Gasteiger partial charge in [0, 0.05) is 13.1 Å². The number of benzene rings is 1. The lowest BCUT2D eigenvalue weighted by Crippen LogP contribution is -2.27. The smallest absolute Gasteiger partial charge is 0.150 e. The van der Waals surface area contributed by atoms with Gasteiger partial charge < -0.3 is 15.6 Å². The second kappa shape index (κ2) is 6.30. The molecule has 0 fully saturated rings. The molecule has 0 unspecified atom stereocenters. The number of hydrogen-bond donors (Lipinski definition) is 4. The summed E-state index contributed by atoms with van der Waals surface area (Å²) in [5, 5.41) is 17.0. The standard InChI is InChI=1S/C11H18FN5O2/c1-11(2,18)6-19-10-4-7(12)8(13)5-9(10)15-17-16-14-3/h4-5,18H,6,13H2,1-3H3,(H,14,17)(H,15,16). The maximum Gasteiger partial charge on any atom is 0.150 e. The van der Waals surface area contributed by atoms with Crippen LogP contribution in [-0.2, 0) is 0 Å². The van der Waals surface area contributed by atoms with Crippen LogP contribution in [0.2, 0.25) is 0 Å². The first-order valence-electron chi connectivity index (χ1n) is 5.60. The normalized spacial score (nSPS) is 11.8. The van der Waals surface area contributed by atoms with Crippen molar-refractivity contribution in [2.45, 2.75) is 19.4 Å². The number of nitrogens with two attached hydrogens (primary N) is 1. The van der Waals surface area contributed by atoms with E-state index in [2.05, 4.69) is 21.3 Å². The Labute approximate surface area is 110 Å². The van der Waals surface area contributed by atoms with Gasteiger partial charge in [0.1, 0.15) is 23.9 Å². The topological polar surface area (TPSA) is 104 Å². The number of rotatable bonds is 6. The summed E-state index contributed by atoms with van der Waals surface area (Å²) < 4.78 is 18.7. The van der Waals surface area contributed by atoms with Gasteiger partial charge in [-0.2, -0.15) is 0 Å². The van der Waals surface area contributed by atoms with Crippen molar-refractivity contribution in [2.75, 3.05) is 19.4 Å². The van der Waals surface area contributed by atoms with Crippen molar-refractivity contribution in [2.24, 2.45) is 10.3 Å². The molecule has 0 aliphatic rings. The molecule has 0 spiro atoms. The van der Waals surface area contributed by atoms with Gasteiger partial charge in [-0.1, -0.05) is 5.22 Å². The number of aliphatic hydroxyl groups is 1. The molecule has 0 bridgehead atoms. The van der Waals surface area contributed by atoms with Crippen LogP contribution in [0.3, 0.4) is 0 Å². The average molecular weight is 271 g/mol. The minimum Gasteiger partial charge on any atom is -0.488 e. The van der Waals surface area contributed by atoms with Gasteiger partial charge in [-0.25, -0.2) is 15.4 Å². The van der Waals surface area contributed by atoms with Crippen molar-refractivity contribution in [1.29, 1.82) is 0 Å².